The Morgan fingerprint density at radius 3 is 2.37 bits per heavy atom. The van der Waals surface area contributed by atoms with Crippen molar-refractivity contribution >= 4 is 11.8 Å². The van der Waals surface area contributed by atoms with E-state index >= 15 is 0 Å². The zero-order chi connectivity index (χ0) is 19.6. The first-order valence-electron chi connectivity index (χ1n) is 8.60. The molecule has 0 saturated carbocycles. The summed E-state index contributed by atoms with van der Waals surface area (Å²) in [6.45, 7) is 1.04. The fourth-order valence-electron chi connectivity index (χ4n) is 3.64. The molecule has 0 spiro atoms. The number of halogens is 3. The lowest BCUT2D eigenvalue weighted by atomic mass is 9.85. The highest BCUT2D eigenvalue weighted by Crippen LogP contribution is 2.48. The van der Waals surface area contributed by atoms with Crippen LogP contribution in [0, 0.1) is 0 Å². The van der Waals surface area contributed by atoms with Gasteiger partial charge in [0.15, 0.2) is 11.5 Å². The molecule has 2 aromatic carbocycles. The third-order valence-corrected chi connectivity index (χ3v) is 5.63. The van der Waals surface area contributed by atoms with E-state index in [9.17, 15) is 13.2 Å². The van der Waals surface area contributed by atoms with Crippen LogP contribution in [0.3, 0.4) is 0 Å². The Hall–Kier alpha value is -1.86. The van der Waals surface area contributed by atoms with E-state index in [1.807, 2.05) is 30.5 Å². The maximum Gasteiger partial charge on any atom is 0.420 e. The van der Waals surface area contributed by atoms with Gasteiger partial charge in [0.1, 0.15) is 5.56 Å². The van der Waals surface area contributed by atoms with Crippen molar-refractivity contribution in [1.82, 2.24) is 5.32 Å². The number of benzene rings is 2. The molecule has 1 unspecified atom stereocenters. The van der Waals surface area contributed by atoms with Crippen LogP contribution in [0.15, 0.2) is 35.2 Å². The SMILES string of the molecule is COc1cc2c(c(C(F)(F)F)c1OC)CCNCC2c1ccc(SC)cc1. The minimum Gasteiger partial charge on any atom is -0.493 e. The van der Waals surface area contributed by atoms with Gasteiger partial charge in [0, 0.05) is 17.4 Å². The summed E-state index contributed by atoms with van der Waals surface area (Å²) in [6.07, 6.45) is -2.25. The molecule has 0 aromatic heterocycles. The summed E-state index contributed by atoms with van der Waals surface area (Å²) in [6, 6.07) is 9.66. The molecule has 0 amide bonds. The molecule has 3 rings (SSSR count). The molecule has 1 atom stereocenters. The highest BCUT2D eigenvalue weighted by atomic mass is 32.2. The van der Waals surface area contributed by atoms with Gasteiger partial charge < -0.3 is 14.8 Å². The van der Waals surface area contributed by atoms with Gasteiger partial charge in [0.2, 0.25) is 0 Å². The van der Waals surface area contributed by atoms with Gasteiger partial charge in [-0.1, -0.05) is 12.1 Å². The summed E-state index contributed by atoms with van der Waals surface area (Å²) in [7, 11) is 2.61. The Balaban J connectivity index is 2.23. The van der Waals surface area contributed by atoms with Crippen LogP contribution < -0.4 is 14.8 Å². The molecule has 3 nitrogen and oxygen atoms in total. The molecule has 0 saturated heterocycles. The van der Waals surface area contributed by atoms with Crippen LogP contribution in [0.1, 0.15) is 28.2 Å². The van der Waals surface area contributed by atoms with Crippen LogP contribution in [-0.4, -0.2) is 33.6 Å². The number of methoxy groups -OCH3 is 2. The van der Waals surface area contributed by atoms with E-state index < -0.39 is 11.7 Å². The second kappa shape index (κ2) is 8.02. The number of rotatable bonds is 4. The number of thioether (sulfide) groups is 1. The lowest BCUT2D eigenvalue weighted by Gasteiger charge is -2.24. The van der Waals surface area contributed by atoms with Crippen molar-refractivity contribution in [3.63, 3.8) is 0 Å². The Kier molecular flexibility index (Phi) is 5.91. The first kappa shape index (κ1) is 19.9. The van der Waals surface area contributed by atoms with Crippen molar-refractivity contribution in [1.29, 1.82) is 0 Å². The van der Waals surface area contributed by atoms with Crippen molar-refractivity contribution in [2.75, 3.05) is 33.6 Å². The molecule has 0 bridgehead atoms. The van der Waals surface area contributed by atoms with Crippen LogP contribution in [-0.2, 0) is 12.6 Å². The number of hydrogen-bond donors (Lipinski definition) is 1. The number of hydrogen-bond acceptors (Lipinski definition) is 4. The average Bonchev–Trinajstić information content (AvgIpc) is 2.87. The molecule has 1 heterocycles. The Morgan fingerprint density at radius 2 is 1.81 bits per heavy atom. The largest absolute Gasteiger partial charge is 0.493 e. The Labute approximate surface area is 161 Å². The topological polar surface area (TPSA) is 30.5 Å². The standard InChI is InChI=1S/C20H22F3NO2S/c1-25-17-10-15-14(18(19(17)26-2)20(21,22)23)8-9-24-11-16(15)12-4-6-13(27-3)7-5-12/h4-7,10,16,24H,8-9,11H2,1-3H3. The summed E-state index contributed by atoms with van der Waals surface area (Å²) in [5.41, 5.74) is 1.17. The lowest BCUT2D eigenvalue weighted by molar-refractivity contribution is -0.139. The van der Waals surface area contributed by atoms with E-state index in [1.165, 1.54) is 14.2 Å². The second-order valence-corrected chi connectivity index (χ2v) is 7.21. The second-order valence-electron chi connectivity index (χ2n) is 6.33. The number of ether oxygens (including phenoxy) is 2. The molecular formula is C20H22F3NO2S. The van der Waals surface area contributed by atoms with Gasteiger partial charge in [0.25, 0.3) is 0 Å². The maximum atomic E-state index is 13.9. The highest BCUT2D eigenvalue weighted by molar-refractivity contribution is 7.98. The summed E-state index contributed by atoms with van der Waals surface area (Å²) in [4.78, 5) is 1.11. The minimum atomic E-state index is -4.53. The van der Waals surface area contributed by atoms with Gasteiger partial charge in [-0.15, -0.1) is 11.8 Å². The van der Waals surface area contributed by atoms with Gasteiger partial charge in [-0.3, -0.25) is 0 Å². The predicted molar refractivity (Wildman–Crippen MR) is 101 cm³/mol. The van der Waals surface area contributed by atoms with E-state index in [-0.39, 0.29) is 29.4 Å². The summed E-state index contributed by atoms with van der Waals surface area (Å²) < 4.78 is 52.2. The van der Waals surface area contributed by atoms with Crippen LogP contribution >= 0.6 is 11.8 Å². The fourth-order valence-corrected chi connectivity index (χ4v) is 4.04. The predicted octanol–water partition coefficient (Wildman–Crippen LogP) is 4.72. The normalized spacial score (nSPS) is 17.2. The Bertz CT molecular complexity index is 806. The smallest absolute Gasteiger partial charge is 0.420 e. The van der Waals surface area contributed by atoms with Crippen molar-refractivity contribution in [3.05, 3.63) is 52.6 Å². The minimum absolute atomic E-state index is 0.108. The molecule has 0 aliphatic carbocycles. The molecule has 0 fully saturated rings. The van der Waals surface area contributed by atoms with Crippen molar-refractivity contribution in [2.45, 2.75) is 23.4 Å². The zero-order valence-corrected chi connectivity index (χ0v) is 16.3. The molecule has 1 aliphatic heterocycles. The highest BCUT2D eigenvalue weighted by Gasteiger charge is 2.41. The van der Waals surface area contributed by atoms with Crippen molar-refractivity contribution < 1.29 is 22.6 Å². The molecule has 2 aromatic rings. The zero-order valence-electron chi connectivity index (χ0n) is 15.4. The molecule has 27 heavy (non-hydrogen) atoms. The first-order valence-corrected chi connectivity index (χ1v) is 9.82. The van der Waals surface area contributed by atoms with E-state index in [0.29, 0.717) is 18.7 Å². The van der Waals surface area contributed by atoms with Crippen LogP contribution in [0.2, 0.25) is 0 Å². The first-order chi connectivity index (χ1) is 12.9. The summed E-state index contributed by atoms with van der Waals surface area (Å²) in [5, 5.41) is 3.27. The van der Waals surface area contributed by atoms with Gasteiger partial charge in [-0.2, -0.15) is 13.2 Å². The van der Waals surface area contributed by atoms with Crippen molar-refractivity contribution in [3.8, 4) is 11.5 Å². The van der Waals surface area contributed by atoms with Gasteiger partial charge in [0.05, 0.1) is 14.2 Å². The Morgan fingerprint density at radius 1 is 1.11 bits per heavy atom. The van der Waals surface area contributed by atoms with Crippen LogP contribution in [0.25, 0.3) is 0 Å². The molecule has 146 valence electrons. The third kappa shape index (κ3) is 3.89. The van der Waals surface area contributed by atoms with Gasteiger partial charge in [-0.25, -0.2) is 0 Å². The molecule has 0 radical (unpaired) electrons. The molecule has 7 heteroatoms. The van der Waals surface area contributed by atoms with E-state index in [0.717, 1.165) is 10.5 Å². The third-order valence-electron chi connectivity index (χ3n) is 4.89. The molecular weight excluding hydrogens is 375 g/mol. The molecule has 1 aliphatic rings. The van der Waals surface area contributed by atoms with Gasteiger partial charge >= 0.3 is 6.18 Å². The quantitative estimate of drug-likeness (QED) is 0.756. The van der Waals surface area contributed by atoms with E-state index in [2.05, 4.69) is 5.32 Å². The van der Waals surface area contributed by atoms with Crippen LogP contribution in [0.4, 0.5) is 13.2 Å². The average molecular weight is 397 g/mol. The number of fused-ring (bicyclic) bond motifs is 1. The summed E-state index contributed by atoms with van der Waals surface area (Å²) >= 11 is 1.63. The lowest BCUT2D eigenvalue weighted by Crippen LogP contribution is -2.20. The van der Waals surface area contributed by atoms with E-state index in [1.54, 1.807) is 17.8 Å². The fraction of sp³-hybridized carbons (Fsp3) is 0.400. The maximum absolute atomic E-state index is 13.9. The molecule has 1 N–H and O–H groups in total. The monoisotopic (exact) mass is 397 g/mol. The number of alkyl halides is 3. The number of nitrogens with one attached hydrogen (secondary N) is 1. The van der Waals surface area contributed by atoms with Gasteiger partial charge in [-0.05, 0) is 54.1 Å². The van der Waals surface area contributed by atoms with Crippen molar-refractivity contribution in [2.24, 2.45) is 0 Å². The summed E-state index contributed by atoms with van der Waals surface area (Å²) in [5.74, 6) is -0.336. The van der Waals surface area contributed by atoms with Crippen LogP contribution in [0.5, 0.6) is 11.5 Å². The van der Waals surface area contributed by atoms with E-state index in [4.69, 9.17) is 9.47 Å².